The maximum absolute atomic E-state index is 12.6. The van der Waals surface area contributed by atoms with Gasteiger partial charge in [-0.25, -0.2) is 5.01 Å². The number of amides is 2. The van der Waals surface area contributed by atoms with Crippen LogP contribution in [0.3, 0.4) is 0 Å². The lowest BCUT2D eigenvalue weighted by Gasteiger charge is -2.13. The zero-order chi connectivity index (χ0) is 19.7. The first-order chi connectivity index (χ1) is 13.5. The van der Waals surface area contributed by atoms with Crippen LogP contribution in [-0.4, -0.2) is 16.7 Å². The number of nitrogens with one attached hydrogen (secondary N) is 1. The molecule has 2 aromatic carbocycles. The first kappa shape index (κ1) is 17.2. The van der Waals surface area contributed by atoms with Crippen LogP contribution < -0.4 is 10.4 Å². The SMILES string of the molecule is O=C1NN(c2ccccc2)C(=O)/C1=C\c1ccc(-c2ccc([N+](=O)[O-])cc2)o1. The Labute approximate surface area is 158 Å². The Morgan fingerprint density at radius 2 is 1.68 bits per heavy atom. The number of hydrogen-bond donors (Lipinski definition) is 1. The van der Waals surface area contributed by atoms with Crippen molar-refractivity contribution in [3.63, 3.8) is 0 Å². The number of para-hydroxylation sites is 1. The van der Waals surface area contributed by atoms with E-state index in [-0.39, 0.29) is 11.3 Å². The minimum absolute atomic E-state index is 0.0214. The number of hydrazine groups is 1. The molecule has 8 heteroatoms. The number of anilines is 1. The van der Waals surface area contributed by atoms with E-state index >= 15 is 0 Å². The topological polar surface area (TPSA) is 106 Å². The summed E-state index contributed by atoms with van der Waals surface area (Å²) in [5.74, 6) is -0.221. The van der Waals surface area contributed by atoms with Gasteiger partial charge in [0.1, 0.15) is 17.1 Å². The van der Waals surface area contributed by atoms with Crippen LogP contribution in [0, 0.1) is 10.1 Å². The van der Waals surface area contributed by atoms with E-state index in [1.165, 1.54) is 23.2 Å². The van der Waals surface area contributed by atoms with Crippen LogP contribution in [0.15, 0.2) is 76.7 Å². The molecule has 1 saturated heterocycles. The molecule has 28 heavy (non-hydrogen) atoms. The maximum atomic E-state index is 12.6. The lowest BCUT2D eigenvalue weighted by atomic mass is 10.1. The van der Waals surface area contributed by atoms with Crippen LogP contribution >= 0.6 is 0 Å². The van der Waals surface area contributed by atoms with Gasteiger partial charge in [-0.15, -0.1) is 0 Å². The molecule has 1 aliphatic rings. The van der Waals surface area contributed by atoms with Crippen molar-refractivity contribution in [2.75, 3.05) is 5.01 Å². The molecule has 8 nitrogen and oxygen atoms in total. The molecule has 0 bridgehead atoms. The second-order valence-corrected chi connectivity index (χ2v) is 5.98. The fourth-order valence-corrected chi connectivity index (χ4v) is 2.79. The van der Waals surface area contributed by atoms with Crippen LogP contribution in [0.2, 0.25) is 0 Å². The number of furan rings is 1. The van der Waals surface area contributed by atoms with Crippen molar-refractivity contribution in [1.82, 2.24) is 5.43 Å². The number of nitro groups is 1. The number of non-ortho nitro benzene ring substituents is 1. The minimum Gasteiger partial charge on any atom is -0.457 e. The van der Waals surface area contributed by atoms with Gasteiger partial charge in [-0.2, -0.15) is 0 Å². The summed E-state index contributed by atoms with van der Waals surface area (Å²) in [4.78, 5) is 35.0. The van der Waals surface area contributed by atoms with Crippen molar-refractivity contribution in [3.8, 4) is 11.3 Å². The third kappa shape index (κ3) is 3.14. The Hall–Kier alpha value is -4.20. The molecule has 138 valence electrons. The van der Waals surface area contributed by atoms with E-state index < -0.39 is 16.7 Å². The average Bonchev–Trinajstić information content (AvgIpc) is 3.29. The van der Waals surface area contributed by atoms with Crippen LogP contribution in [-0.2, 0) is 9.59 Å². The summed E-state index contributed by atoms with van der Waals surface area (Å²) < 4.78 is 5.67. The molecule has 1 fully saturated rings. The quantitative estimate of drug-likeness (QED) is 0.326. The Kier molecular flexibility index (Phi) is 4.21. The van der Waals surface area contributed by atoms with Crippen LogP contribution in [0.25, 0.3) is 17.4 Å². The second-order valence-electron chi connectivity index (χ2n) is 5.98. The van der Waals surface area contributed by atoms with Crippen molar-refractivity contribution in [2.45, 2.75) is 0 Å². The zero-order valence-electron chi connectivity index (χ0n) is 14.4. The smallest absolute Gasteiger partial charge is 0.282 e. The van der Waals surface area contributed by atoms with E-state index in [1.54, 1.807) is 48.5 Å². The summed E-state index contributed by atoms with van der Waals surface area (Å²) in [7, 11) is 0. The van der Waals surface area contributed by atoms with E-state index in [2.05, 4.69) is 5.43 Å². The largest absolute Gasteiger partial charge is 0.457 e. The Balaban J connectivity index is 1.59. The zero-order valence-corrected chi connectivity index (χ0v) is 14.4. The highest BCUT2D eigenvalue weighted by Crippen LogP contribution is 2.27. The average molecular weight is 375 g/mol. The van der Waals surface area contributed by atoms with Crippen molar-refractivity contribution in [3.05, 3.63) is 88.2 Å². The van der Waals surface area contributed by atoms with E-state index in [0.717, 1.165) is 0 Å². The standard InChI is InChI=1S/C20H13N3O5/c24-19-17(20(25)22(21-19)14-4-2-1-3-5-14)12-16-10-11-18(28-16)13-6-8-15(9-7-13)23(26)27/h1-12H,(H,21,24)/b17-12-. The van der Waals surface area contributed by atoms with Gasteiger partial charge >= 0.3 is 0 Å². The number of benzene rings is 2. The normalized spacial score (nSPS) is 15.1. The number of carbonyl (C=O) groups is 2. The summed E-state index contributed by atoms with van der Waals surface area (Å²) in [5.41, 5.74) is 3.64. The molecule has 0 aliphatic carbocycles. The highest BCUT2D eigenvalue weighted by Gasteiger charge is 2.34. The molecule has 0 unspecified atom stereocenters. The highest BCUT2D eigenvalue weighted by atomic mass is 16.6. The van der Waals surface area contributed by atoms with E-state index in [0.29, 0.717) is 22.8 Å². The Morgan fingerprint density at radius 1 is 0.964 bits per heavy atom. The van der Waals surface area contributed by atoms with Crippen molar-refractivity contribution in [1.29, 1.82) is 0 Å². The molecule has 1 aliphatic heterocycles. The van der Waals surface area contributed by atoms with Gasteiger partial charge in [0.05, 0.1) is 10.6 Å². The van der Waals surface area contributed by atoms with Crippen molar-refractivity contribution < 1.29 is 18.9 Å². The van der Waals surface area contributed by atoms with Gasteiger partial charge in [-0.05, 0) is 42.5 Å². The van der Waals surface area contributed by atoms with Crippen LogP contribution in [0.1, 0.15) is 5.76 Å². The first-order valence-corrected chi connectivity index (χ1v) is 8.30. The fourth-order valence-electron chi connectivity index (χ4n) is 2.79. The molecule has 3 aromatic rings. The molecule has 0 radical (unpaired) electrons. The van der Waals surface area contributed by atoms with E-state index in [1.807, 2.05) is 6.07 Å². The van der Waals surface area contributed by atoms with E-state index in [9.17, 15) is 19.7 Å². The van der Waals surface area contributed by atoms with Gasteiger partial charge in [0.2, 0.25) is 0 Å². The summed E-state index contributed by atoms with van der Waals surface area (Å²) in [6.07, 6.45) is 1.37. The Bertz CT molecular complexity index is 1100. The van der Waals surface area contributed by atoms with Crippen molar-refractivity contribution >= 4 is 29.3 Å². The molecule has 0 atom stereocenters. The molecule has 2 heterocycles. The predicted octanol–water partition coefficient (Wildman–Crippen LogP) is 3.32. The maximum Gasteiger partial charge on any atom is 0.282 e. The van der Waals surface area contributed by atoms with Gasteiger partial charge in [-0.3, -0.25) is 25.1 Å². The number of nitrogens with zero attached hydrogens (tertiary/aromatic N) is 2. The summed E-state index contributed by atoms with van der Waals surface area (Å²) in [6.45, 7) is 0. The highest BCUT2D eigenvalue weighted by molar-refractivity contribution is 6.31. The molecule has 0 spiro atoms. The third-order valence-electron chi connectivity index (χ3n) is 4.18. The Morgan fingerprint density at radius 3 is 2.36 bits per heavy atom. The van der Waals surface area contributed by atoms with Gasteiger partial charge < -0.3 is 4.42 Å². The lowest BCUT2D eigenvalue weighted by Crippen LogP contribution is -2.35. The fraction of sp³-hybridized carbons (Fsp3) is 0. The number of rotatable bonds is 4. The number of nitro benzene ring substituents is 1. The van der Waals surface area contributed by atoms with Crippen LogP contribution in [0.4, 0.5) is 11.4 Å². The lowest BCUT2D eigenvalue weighted by molar-refractivity contribution is -0.384. The molecule has 0 saturated carbocycles. The molecule has 1 N–H and O–H groups in total. The van der Waals surface area contributed by atoms with Gasteiger partial charge in [0.25, 0.3) is 17.5 Å². The summed E-state index contributed by atoms with van der Waals surface area (Å²) in [6, 6.07) is 17.9. The molecule has 2 amide bonds. The van der Waals surface area contributed by atoms with Gasteiger partial charge in [-0.1, -0.05) is 18.2 Å². The van der Waals surface area contributed by atoms with Gasteiger partial charge in [0, 0.05) is 17.7 Å². The summed E-state index contributed by atoms with van der Waals surface area (Å²) >= 11 is 0. The minimum atomic E-state index is -0.526. The molecular formula is C20H13N3O5. The predicted molar refractivity (Wildman–Crippen MR) is 101 cm³/mol. The molecule has 1 aromatic heterocycles. The molecule has 4 rings (SSSR count). The molecular weight excluding hydrogens is 362 g/mol. The number of carbonyl (C=O) groups excluding carboxylic acids is 2. The number of hydrogen-bond acceptors (Lipinski definition) is 5. The summed E-state index contributed by atoms with van der Waals surface area (Å²) in [5, 5.41) is 11.9. The third-order valence-corrected chi connectivity index (χ3v) is 4.18. The van der Waals surface area contributed by atoms with Crippen LogP contribution in [0.5, 0.6) is 0 Å². The van der Waals surface area contributed by atoms with Crippen molar-refractivity contribution in [2.24, 2.45) is 0 Å². The monoisotopic (exact) mass is 375 g/mol. The van der Waals surface area contributed by atoms with E-state index in [4.69, 9.17) is 4.42 Å². The van der Waals surface area contributed by atoms with Gasteiger partial charge in [0.15, 0.2) is 0 Å². The second kappa shape index (κ2) is 6.84. The first-order valence-electron chi connectivity index (χ1n) is 8.30.